The van der Waals surface area contributed by atoms with Crippen LogP contribution < -0.4 is 5.56 Å². The molecule has 0 bridgehead atoms. The average molecular weight is 393 g/mol. The molecule has 0 fully saturated rings. The Morgan fingerprint density at radius 2 is 1.96 bits per heavy atom. The summed E-state index contributed by atoms with van der Waals surface area (Å²) in [6.45, 7) is 7.67. The first kappa shape index (κ1) is 21.4. The van der Waals surface area contributed by atoms with Crippen molar-refractivity contribution in [2.24, 2.45) is 0 Å². The van der Waals surface area contributed by atoms with Gasteiger partial charge in [0.1, 0.15) is 5.82 Å². The van der Waals surface area contributed by atoms with Crippen molar-refractivity contribution in [1.82, 2.24) is 19.4 Å². The second kappa shape index (κ2) is 9.33. The minimum atomic E-state index is -0.306. The highest BCUT2D eigenvalue weighted by Crippen LogP contribution is 2.22. The molecule has 27 heavy (non-hydrogen) atoms. The van der Waals surface area contributed by atoms with Crippen LogP contribution >= 0.6 is 11.6 Å². The largest absolute Gasteiger partial charge is 0.332 e. The molecule has 1 amide bonds. The second-order valence-electron chi connectivity index (χ2n) is 7.00. The van der Waals surface area contributed by atoms with Gasteiger partial charge >= 0.3 is 0 Å². The van der Waals surface area contributed by atoms with Gasteiger partial charge in [0.2, 0.25) is 5.91 Å². The van der Waals surface area contributed by atoms with Crippen LogP contribution in [0.5, 0.6) is 0 Å². The van der Waals surface area contributed by atoms with Gasteiger partial charge in [-0.2, -0.15) is 0 Å². The summed E-state index contributed by atoms with van der Waals surface area (Å²) in [6.07, 6.45) is 1.26. The molecule has 1 atom stereocenters. The maximum Gasteiger partial charge on any atom is 0.261 e. The third kappa shape index (κ3) is 4.87. The molecule has 1 aromatic carbocycles. The summed E-state index contributed by atoms with van der Waals surface area (Å²) >= 11 is 6.10. The standard InChI is InChI=1S/C20H29ClN4O2/c1-6-8-18(26)25(12-11-23(4)5)14(3)19-22-17-13-15(21)9-10-16(17)20(27)24(19)7-2/h9-10,13-14H,6-8,11-12H2,1-5H3. The van der Waals surface area contributed by atoms with Crippen LogP contribution in [-0.4, -0.2) is 52.4 Å². The summed E-state index contributed by atoms with van der Waals surface area (Å²) in [5.41, 5.74) is 0.464. The molecule has 0 saturated heterocycles. The summed E-state index contributed by atoms with van der Waals surface area (Å²) in [6, 6.07) is 4.80. The minimum Gasteiger partial charge on any atom is -0.332 e. The van der Waals surface area contributed by atoms with Gasteiger partial charge in [0.05, 0.1) is 16.9 Å². The summed E-state index contributed by atoms with van der Waals surface area (Å²) < 4.78 is 1.66. The molecule has 0 aliphatic carbocycles. The number of aromatic nitrogens is 2. The van der Waals surface area contributed by atoms with Gasteiger partial charge in [0.15, 0.2) is 0 Å². The van der Waals surface area contributed by atoms with Gasteiger partial charge in [-0.25, -0.2) is 4.98 Å². The quantitative estimate of drug-likeness (QED) is 0.691. The molecule has 1 unspecified atom stereocenters. The lowest BCUT2D eigenvalue weighted by atomic mass is 10.1. The topological polar surface area (TPSA) is 58.4 Å². The van der Waals surface area contributed by atoms with E-state index in [0.717, 1.165) is 13.0 Å². The van der Waals surface area contributed by atoms with E-state index < -0.39 is 0 Å². The number of hydrogen-bond acceptors (Lipinski definition) is 4. The molecular formula is C20H29ClN4O2. The van der Waals surface area contributed by atoms with Crippen LogP contribution in [0, 0.1) is 0 Å². The van der Waals surface area contributed by atoms with Crippen molar-refractivity contribution in [2.75, 3.05) is 27.2 Å². The molecular weight excluding hydrogens is 364 g/mol. The van der Waals surface area contributed by atoms with E-state index in [2.05, 4.69) is 0 Å². The van der Waals surface area contributed by atoms with E-state index in [1.54, 1.807) is 22.8 Å². The SMILES string of the molecule is CCCC(=O)N(CCN(C)C)C(C)c1nc2cc(Cl)ccc2c(=O)n1CC. The van der Waals surface area contributed by atoms with E-state index in [-0.39, 0.29) is 17.5 Å². The molecule has 7 heteroatoms. The maximum absolute atomic E-state index is 12.9. The van der Waals surface area contributed by atoms with Crippen LogP contribution in [0.4, 0.5) is 0 Å². The number of benzene rings is 1. The number of carbonyl (C=O) groups is 1. The monoisotopic (exact) mass is 392 g/mol. The van der Waals surface area contributed by atoms with Crippen molar-refractivity contribution >= 4 is 28.4 Å². The Labute approximate surface area is 165 Å². The van der Waals surface area contributed by atoms with Gasteiger partial charge in [-0.15, -0.1) is 0 Å². The Kier molecular flexibility index (Phi) is 7.39. The Morgan fingerprint density at radius 3 is 2.56 bits per heavy atom. The van der Waals surface area contributed by atoms with Crippen molar-refractivity contribution in [1.29, 1.82) is 0 Å². The van der Waals surface area contributed by atoms with Crippen molar-refractivity contribution < 1.29 is 4.79 Å². The van der Waals surface area contributed by atoms with Crippen LogP contribution in [0.2, 0.25) is 5.02 Å². The highest BCUT2D eigenvalue weighted by atomic mass is 35.5. The van der Waals surface area contributed by atoms with Crippen LogP contribution in [0.3, 0.4) is 0 Å². The number of rotatable bonds is 8. The summed E-state index contributed by atoms with van der Waals surface area (Å²) in [7, 11) is 3.96. The fraction of sp³-hybridized carbons (Fsp3) is 0.550. The van der Waals surface area contributed by atoms with Gasteiger partial charge < -0.3 is 9.80 Å². The first-order valence-electron chi connectivity index (χ1n) is 9.44. The molecule has 0 aliphatic rings. The molecule has 2 rings (SSSR count). The number of nitrogens with zero attached hydrogens (tertiary/aromatic N) is 4. The zero-order chi connectivity index (χ0) is 20.1. The fourth-order valence-corrected chi connectivity index (χ4v) is 3.34. The van der Waals surface area contributed by atoms with Crippen LogP contribution in [0.1, 0.15) is 45.5 Å². The van der Waals surface area contributed by atoms with Crippen LogP contribution in [0.15, 0.2) is 23.0 Å². The Bertz CT molecular complexity index is 863. The lowest BCUT2D eigenvalue weighted by molar-refractivity contribution is -0.133. The van der Waals surface area contributed by atoms with E-state index in [0.29, 0.717) is 41.3 Å². The first-order chi connectivity index (χ1) is 12.8. The maximum atomic E-state index is 12.9. The van der Waals surface area contributed by atoms with E-state index in [1.807, 2.05) is 44.7 Å². The highest BCUT2D eigenvalue weighted by Gasteiger charge is 2.25. The van der Waals surface area contributed by atoms with Crippen LogP contribution in [-0.2, 0) is 11.3 Å². The number of fused-ring (bicyclic) bond motifs is 1. The van der Waals surface area contributed by atoms with E-state index in [4.69, 9.17) is 16.6 Å². The number of halogens is 1. The second-order valence-corrected chi connectivity index (χ2v) is 7.43. The molecule has 2 aromatic rings. The van der Waals surface area contributed by atoms with Crippen molar-refractivity contribution in [3.8, 4) is 0 Å². The molecule has 148 valence electrons. The molecule has 0 aliphatic heterocycles. The number of amides is 1. The predicted octanol–water partition coefficient (Wildman–Crippen LogP) is 3.32. The number of likely N-dealkylation sites (N-methyl/N-ethyl adjacent to an activating group) is 1. The smallest absolute Gasteiger partial charge is 0.261 e. The zero-order valence-corrected chi connectivity index (χ0v) is 17.6. The van der Waals surface area contributed by atoms with Gasteiger partial charge in [-0.05, 0) is 52.6 Å². The fourth-order valence-electron chi connectivity index (χ4n) is 3.17. The van der Waals surface area contributed by atoms with Crippen LogP contribution in [0.25, 0.3) is 10.9 Å². The average Bonchev–Trinajstić information content (AvgIpc) is 2.61. The van der Waals surface area contributed by atoms with Gasteiger partial charge in [-0.1, -0.05) is 18.5 Å². The molecule has 6 nitrogen and oxygen atoms in total. The van der Waals surface area contributed by atoms with E-state index in [1.165, 1.54) is 0 Å². The number of carbonyl (C=O) groups excluding carboxylic acids is 1. The third-order valence-electron chi connectivity index (χ3n) is 4.68. The lowest BCUT2D eigenvalue weighted by Crippen LogP contribution is -2.41. The molecule has 0 N–H and O–H groups in total. The van der Waals surface area contributed by atoms with Gasteiger partial charge in [0, 0.05) is 31.1 Å². The zero-order valence-electron chi connectivity index (χ0n) is 16.8. The molecule has 1 heterocycles. The predicted molar refractivity (Wildman–Crippen MR) is 110 cm³/mol. The Balaban J connectivity index is 2.55. The first-order valence-corrected chi connectivity index (χ1v) is 9.82. The van der Waals surface area contributed by atoms with E-state index in [9.17, 15) is 9.59 Å². The van der Waals surface area contributed by atoms with Gasteiger partial charge in [-0.3, -0.25) is 14.2 Å². The summed E-state index contributed by atoms with van der Waals surface area (Å²) in [5, 5.41) is 1.07. The minimum absolute atomic E-state index is 0.0787. The summed E-state index contributed by atoms with van der Waals surface area (Å²) in [5.74, 6) is 0.676. The molecule has 1 aromatic heterocycles. The van der Waals surface area contributed by atoms with Gasteiger partial charge in [0.25, 0.3) is 5.56 Å². The Hall–Kier alpha value is -1.92. The van der Waals surface area contributed by atoms with Crippen molar-refractivity contribution in [3.05, 3.63) is 39.4 Å². The highest BCUT2D eigenvalue weighted by molar-refractivity contribution is 6.31. The third-order valence-corrected chi connectivity index (χ3v) is 4.91. The summed E-state index contributed by atoms with van der Waals surface area (Å²) in [4.78, 5) is 34.3. The molecule has 0 saturated carbocycles. The molecule has 0 radical (unpaired) electrons. The molecule has 0 spiro atoms. The number of hydrogen-bond donors (Lipinski definition) is 0. The lowest BCUT2D eigenvalue weighted by Gasteiger charge is -2.31. The van der Waals surface area contributed by atoms with Crippen molar-refractivity contribution in [2.45, 2.75) is 46.2 Å². The van der Waals surface area contributed by atoms with Crippen molar-refractivity contribution in [3.63, 3.8) is 0 Å². The Morgan fingerprint density at radius 1 is 1.26 bits per heavy atom. The van der Waals surface area contributed by atoms with E-state index >= 15 is 0 Å². The normalized spacial score (nSPS) is 12.6.